The van der Waals surface area contributed by atoms with Crippen LogP contribution in [0.2, 0.25) is 10.0 Å². The number of nitrogens with two attached hydrogens (primary N) is 1. The molecule has 1 aliphatic carbocycles. The monoisotopic (exact) mass is 283 g/mol. The highest BCUT2D eigenvalue weighted by Gasteiger charge is 2.33. The minimum Gasteiger partial charge on any atom is -0.370 e. The molecular formula is C13H15Cl2N3. The number of guanidine groups is 1. The summed E-state index contributed by atoms with van der Waals surface area (Å²) < 4.78 is 0. The summed E-state index contributed by atoms with van der Waals surface area (Å²) in [7, 11) is 0. The Balaban J connectivity index is 1.88. The quantitative estimate of drug-likeness (QED) is 0.926. The maximum absolute atomic E-state index is 6.26. The van der Waals surface area contributed by atoms with Crippen molar-refractivity contribution in [3.63, 3.8) is 0 Å². The minimum absolute atomic E-state index is 0.136. The molecule has 1 atom stereocenters. The Bertz CT molecular complexity index is 497. The van der Waals surface area contributed by atoms with Gasteiger partial charge in [0.25, 0.3) is 0 Å². The lowest BCUT2D eigenvalue weighted by atomic mass is 10.1. The average Bonchev–Trinajstić information content (AvgIpc) is 3.09. The van der Waals surface area contributed by atoms with Gasteiger partial charge in [0.15, 0.2) is 5.96 Å². The van der Waals surface area contributed by atoms with Crippen molar-refractivity contribution in [3.8, 4) is 0 Å². The molecule has 1 aliphatic heterocycles. The summed E-state index contributed by atoms with van der Waals surface area (Å²) in [5.74, 6) is 1.39. The van der Waals surface area contributed by atoms with E-state index in [1.807, 2.05) is 12.1 Å². The fourth-order valence-electron chi connectivity index (χ4n) is 2.36. The van der Waals surface area contributed by atoms with Crippen LogP contribution in [0.1, 0.15) is 24.4 Å². The molecule has 0 amide bonds. The van der Waals surface area contributed by atoms with Crippen LogP contribution in [0.15, 0.2) is 23.2 Å². The predicted octanol–water partition coefficient (Wildman–Crippen LogP) is 3.07. The fourth-order valence-corrected chi connectivity index (χ4v) is 2.79. The lowest BCUT2D eigenvalue weighted by molar-refractivity contribution is 0.334. The molecule has 96 valence electrons. The molecule has 5 heteroatoms. The predicted molar refractivity (Wildman–Crippen MR) is 75.1 cm³/mol. The number of benzene rings is 1. The van der Waals surface area contributed by atoms with Crippen LogP contribution in [0.5, 0.6) is 0 Å². The molecule has 1 aromatic rings. The largest absolute Gasteiger partial charge is 0.370 e. The van der Waals surface area contributed by atoms with Gasteiger partial charge in [-0.1, -0.05) is 23.2 Å². The van der Waals surface area contributed by atoms with Crippen molar-refractivity contribution in [2.45, 2.75) is 18.9 Å². The van der Waals surface area contributed by atoms with Crippen LogP contribution in [-0.4, -0.2) is 23.9 Å². The van der Waals surface area contributed by atoms with E-state index in [-0.39, 0.29) is 6.04 Å². The van der Waals surface area contributed by atoms with E-state index >= 15 is 0 Å². The fraction of sp³-hybridized carbons (Fsp3) is 0.462. The second-order valence-electron chi connectivity index (χ2n) is 4.98. The standard InChI is InChI=1S/C13H15Cl2N3/c14-9-3-4-11(15)10(5-9)12-6-17-13(16)18(12)7-8-1-2-8/h3-5,8,12H,1-2,6-7H2,(H2,16,17). The first-order valence-electron chi connectivity index (χ1n) is 6.16. The summed E-state index contributed by atoms with van der Waals surface area (Å²) in [4.78, 5) is 6.51. The van der Waals surface area contributed by atoms with Crippen LogP contribution in [0.3, 0.4) is 0 Å². The van der Waals surface area contributed by atoms with Crippen molar-refractivity contribution in [2.24, 2.45) is 16.6 Å². The smallest absolute Gasteiger partial charge is 0.191 e. The Kier molecular flexibility index (Phi) is 3.12. The number of aliphatic imine (C=N–C) groups is 1. The van der Waals surface area contributed by atoms with E-state index in [0.717, 1.165) is 23.0 Å². The van der Waals surface area contributed by atoms with Crippen molar-refractivity contribution in [3.05, 3.63) is 33.8 Å². The number of nitrogens with zero attached hydrogens (tertiary/aromatic N) is 2. The topological polar surface area (TPSA) is 41.6 Å². The zero-order valence-corrected chi connectivity index (χ0v) is 11.5. The van der Waals surface area contributed by atoms with E-state index in [1.54, 1.807) is 6.07 Å². The Morgan fingerprint density at radius 3 is 2.83 bits per heavy atom. The highest BCUT2D eigenvalue weighted by Crippen LogP contribution is 2.37. The average molecular weight is 284 g/mol. The van der Waals surface area contributed by atoms with Gasteiger partial charge in [-0.25, -0.2) is 0 Å². The Labute approximate surface area is 117 Å². The first-order valence-corrected chi connectivity index (χ1v) is 6.92. The first kappa shape index (κ1) is 12.1. The van der Waals surface area contributed by atoms with Crippen LogP contribution in [0.25, 0.3) is 0 Å². The molecule has 2 aliphatic rings. The molecule has 1 heterocycles. The van der Waals surface area contributed by atoms with E-state index < -0.39 is 0 Å². The van der Waals surface area contributed by atoms with Crippen LogP contribution >= 0.6 is 23.2 Å². The summed E-state index contributed by atoms with van der Waals surface area (Å²) in [6, 6.07) is 5.69. The van der Waals surface area contributed by atoms with Gasteiger partial charge >= 0.3 is 0 Å². The first-order chi connectivity index (χ1) is 8.65. The maximum atomic E-state index is 6.26. The molecule has 2 N–H and O–H groups in total. The van der Waals surface area contributed by atoms with Crippen LogP contribution in [0.4, 0.5) is 0 Å². The molecule has 0 bridgehead atoms. The Hall–Kier alpha value is -0.930. The van der Waals surface area contributed by atoms with Crippen molar-refractivity contribution < 1.29 is 0 Å². The van der Waals surface area contributed by atoms with Crippen LogP contribution in [-0.2, 0) is 0 Å². The van der Waals surface area contributed by atoms with Crippen molar-refractivity contribution in [1.29, 1.82) is 0 Å². The molecule has 1 unspecified atom stereocenters. The van der Waals surface area contributed by atoms with Crippen molar-refractivity contribution in [2.75, 3.05) is 13.1 Å². The zero-order chi connectivity index (χ0) is 12.7. The lowest BCUT2D eigenvalue weighted by Crippen LogP contribution is -2.37. The second kappa shape index (κ2) is 4.63. The second-order valence-corrected chi connectivity index (χ2v) is 5.82. The molecule has 3 nitrogen and oxygen atoms in total. The summed E-state index contributed by atoms with van der Waals surface area (Å²) in [5.41, 5.74) is 6.99. The highest BCUT2D eigenvalue weighted by molar-refractivity contribution is 6.33. The van der Waals surface area contributed by atoms with Gasteiger partial charge in [-0.05, 0) is 42.5 Å². The highest BCUT2D eigenvalue weighted by atomic mass is 35.5. The van der Waals surface area contributed by atoms with Crippen molar-refractivity contribution >= 4 is 29.2 Å². The van der Waals surface area contributed by atoms with Gasteiger partial charge in [0, 0.05) is 16.6 Å². The molecule has 0 radical (unpaired) electrons. The molecular weight excluding hydrogens is 269 g/mol. The molecule has 0 aromatic heterocycles. The number of hydrogen-bond acceptors (Lipinski definition) is 3. The Morgan fingerprint density at radius 2 is 2.11 bits per heavy atom. The molecule has 18 heavy (non-hydrogen) atoms. The molecule has 0 spiro atoms. The van der Waals surface area contributed by atoms with Crippen LogP contribution in [0, 0.1) is 5.92 Å². The molecule has 0 saturated heterocycles. The molecule has 3 rings (SSSR count). The van der Waals surface area contributed by atoms with Gasteiger partial charge in [0.1, 0.15) is 0 Å². The number of halogens is 2. The minimum atomic E-state index is 0.136. The van der Waals surface area contributed by atoms with Gasteiger partial charge in [0.2, 0.25) is 0 Å². The summed E-state index contributed by atoms with van der Waals surface area (Å²) in [6.07, 6.45) is 2.58. The van der Waals surface area contributed by atoms with E-state index in [4.69, 9.17) is 28.9 Å². The van der Waals surface area contributed by atoms with E-state index in [9.17, 15) is 0 Å². The number of rotatable bonds is 3. The normalized spacial score (nSPS) is 23.3. The Morgan fingerprint density at radius 1 is 1.33 bits per heavy atom. The summed E-state index contributed by atoms with van der Waals surface area (Å²) in [5, 5.41) is 1.43. The third kappa shape index (κ3) is 2.29. The van der Waals surface area contributed by atoms with Gasteiger partial charge in [0.05, 0.1) is 12.6 Å². The maximum Gasteiger partial charge on any atom is 0.191 e. The van der Waals surface area contributed by atoms with E-state index in [1.165, 1.54) is 12.8 Å². The van der Waals surface area contributed by atoms with Gasteiger partial charge in [-0.2, -0.15) is 0 Å². The van der Waals surface area contributed by atoms with Crippen molar-refractivity contribution in [1.82, 2.24) is 4.90 Å². The number of hydrogen-bond donors (Lipinski definition) is 1. The van der Waals surface area contributed by atoms with Gasteiger partial charge in [-0.3, -0.25) is 4.99 Å². The van der Waals surface area contributed by atoms with E-state index in [2.05, 4.69) is 9.89 Å². The zero-order valence-electron chi connectivity index (χ0n) is 9.94. The third-order valence-corrected chi connectivity index (χ3v) is 4.14. The third-order valence-electron chi connectivity index (χ3n) is 3.57. The van der Waals surface area contributed by atoms with Gasteiger partial charge in [-0.15, -0.1) is 0 Å². The summed E-state index contributed by atoms with van der Waals surface area (Å²) >= 11 is 12.3. The SMILES string of the molecule is NC1=NCC(c2cc(Cl)ccc2Cl)N1CC1CC1. The molecule has 1 fully saturated rings. The van der Waals surface area contributed by atoms with Crippen LogP contribution < -0.4 is 5.73 Å². The molecule has 1 saturated carbocycles. The van der Waals surface area contributed by atoms with E-state index in [0.29, 0.717) is 17.5 Å². The van der Waals surface area contributed by atoms with Gasteiger partial charge < -0.3 is 10.6 Å². The lowest BCUT2D eigenvalue weighted by Gasteiger charge is -2.27. The summed E-state index contributed by atoms with van der Waals surface area (Å²) in [6.45, 7) is 1.64. The molecule has 1 aromatic carbocycles.